The zero-order chi connectivity index (χ0) is 21.3. The van der Waals surface area contributed by atoms with Crippen molar-refractivity contribution in [1.82, 2.24) is 4.90 Å². The van der Waals surface area contributed by atoms with Crippen LogP contribution in [0.3, 0.4) is 0 Å². The predicted octanol–water partition coefficient (Wildman–Crippen LogP) is 5.00. The molecule has 1 amide bonds. The molecule has 0 saturated heterocycles. The lowest BCUT2D eigenvalue weighted by Gasteiger charge is -2.23. The van der Waals surface area contributed by atoms with Gasteiger partial charge in [-0.25, -0.2) is 0 Å². The van der Waals surface area contributed by atoms with Crippen molar-refractivity contribution in [3.05, 3.63) is 84.4 Å². The van der Waals surface area contributed by atoms with Gasteiger partial charge < -0.3 is 14.4 Å². The van der Waals surface area contributed by atoms with E-state index in [1.807, 2.05) is 68.7 Å². The van der Waals surface area contributed by atoms with Gasteiger partial charge in [-0.2, -0.15) is 0 Å². The average molecular weight is 405 g/mol. The second-order valence-corrected chi connectivity index (χ2v) is 7.20. The van der Waals surface area contributed by atoms with Crippen LogP contribution in [0.1, 0.15) is 16.8 Å². The fourth-order valence-electron chi connectivity index (χ4n) is 3.09. The van der Waals surface area contributed by atoms with Crippen molar-refractivity contribution in [3.63, 3.8) is 0 Å². The van der Waals surface area contributed by atoms with Crippen LogP contribution in [0.5, 0.6) is 11.5 Å². The minimum Gasteiger partial charge on any atom is -0.497 e. The third kappa shape index (κ3) is 5.61. The van der Waals surface area contributed by atoms with Gasteiger partial charge in [-0.3, -0.25) is 9.69 Å². The summed E-state index contributed by atoms with van der Waals surface area (Å²) < 4.78 is 11.0. The first-order valence-corrected chi connectivity index (χ1v) is 9.99. The fraction of sp³-hybridized carbons (Fsp3) is 0.240. The van der Waals surface area contributed by atoms with Crippen molar-refractivity contribution >= 4 is 17.3 Å². The van der Waals surface area contributed by atoms with Crippen molar-refractivity contribution in [2.45, 2.75) is 6.42 Å². The predicted molar refractivity (Wildman–Crippen MR) is 121 cm³/mol. The lowest BCUT2D eigenvalue weighted by atomic mass is 10.1. The Kier molecular flexibility index (Phi) is 7.46. The third-order valence-electron chi connectivity index (χ3n) is 4.67. The van der Waals surface area contributed by atoms with Crippen LogP contribution in [0.2, 0.25) is 0 Å². The maximum atomic E-state index is 13.4. The first kappa shape index (κ1) is 21.4. The topological polar surface area (TPSA) is 42.0 Å². The summed E-state index contributed by atoms with van der Waals surface area (Å²) in [5.41, 5.74) is 2.17. The van der Waals surface area contributed by atoms with E-state index in [0.717, 1.165) is 30.1 Å². The van der Waals surface area contributed by atoms with Crippen LogP contribution in [0.15, 0.2) is 78.9 Å². The quantitative estimate of drug-likeness (QED) is 0.471. The molecule has 30 heavy (non-hydrogen) atoms. The summed E-state index contributed by atoms with van der Waals surface area (Å²) in [5.74, 6) is 1.40. The van der Waals surface area contributed by atoms with Gasteiger partial charge >= 0.3 is 0 Å². The molecule has 0 saturated carbocycles. The molecule has 3 rings (SSSR count). The normalized spacial score (nSPS) is 10.7. The Hall–Kier alpha value is -3.31. The lowest BCUT2D eigenvalue weighted by Crippen LogP contribution is -2.25. The summed E-state index contributed by atoms with van der Waals surface area (Å²) in [6.07, 6.45) is 0.959. The average Bonchev–Trinajstić information content (AvgIpc) is 2.78. The molecule has 0 spiro atoms. The van der Waals surface area contributed by atoms with E-state index in [0.29, 0.717) is 17.9 Å². The van der Waals surface area contributed by atoms with E-state index in [2.05, 4.69) is 4.90 Å². The monoisotopic (exact) mass is 404 g/mol. The molecule has 3 aromatic carbocycles. The highest BCUT2D eigenvalue weighted by atomic mass is 16.5. The molecule has 5 nitrogen and oxygen atoms in total. The van der Waals surface area contributed by atoms with Crippen molar-refractivity contribution in [3.8, 4) is 11.5 Å². The molecule has 0 N–H and O–H groups in total. The van der Waals surface area contributed by atoms with E-state index in [1.54, 1.807) is 36.3 Å². The van der Waals surface area contributed by atoms with Crippen LogP contribution in [0.4, 0.5) is 11.4 Å². The Balaban J connectivity index is 1.81. The van der Waals surface area contributed by atoms with Crippen LogP contribution in [0.25, 0.3) is 0 Å². The second kappa shape index (κ2) is 10.5. The molecule has 0 bridgehead atoms. The van der Waals surface area contributed by atoms with E-state index in [-0.39, 0.29) is 5.91 Å². The number of carbonyl (C=O) groups excluding carboxylic acids is 1. The molecular formula is C25H28N2O3. The lowest BCUT2D eigenvalue weighted by molar-refractivity contribution is 0.0999. The van der Waals surface area contributed by atoms with Crippen molar-refractivity contribution < 1.29 is 14.3 Å². The van der Waals surface area contributed by atoms with Crippen molar-refractivity contribution in [1.29, 1.82) is 0 Å². The van der Waals surface area contributed by atoms with E-state index in [9.17, 15) is 4.79 Å². The summed E-state index contributed by atoms with van der Waals surface area (Å²) in [6.45, 7) is 1.64. The number of anilines is 2. The van der Waals surface area contributed by atoms with E-state index in [4.69, 9.17) is 9.47 Å². The molecule has 0 aliphatic carbocycles. The molecule has 0 aliphatic heterocycles. The number of nitrogens with zero attached hydrogens (tertiary/aromatic N) is 2. The summed E-state index contributed by atoms with van der Waals surface area (Å²) in [6, 6.07) is 24.4. The van der Waals surface area contributed by atoms with Crippen LogP contribution in [0, 0.1) is 0 Å². The Morgan fingerprint density at radius 2 is 1.40 bits per heavy atom. The number of para-hydroxylation sites is 1. The SMILES string of the molecule is COc1ccc(C(=O)N(c2ccccc2)c2ccc(OCCCN(C)C)cc2)cc1. The van der Waals surface area contributed by atoms with Gasteiger partial charge in [0.2, 0.25) is 0 Å². The molecular weight excluding hydrogens is 376 g/mol. The second-order valence-electron chi connectivity index (χ2n) is 7.20. The number of ether oxygens (including phenoxy) is 2. The Labute approximate surface area is 178 Å². The smallest absolute Gasteiger partial charge is 0.262 e. The van der Waals surface area contributed by atoms with Gasteiger partial charge in [-0.15, -0.1) is 0 Å². The number of methoxy groups -OCH3 is 1. The van der Waals surface area contributed by atoms with E-state index >= 15 is 0 Å². The summed E-state index contributed by atoms with van der Waals surface area (Å²) >= 11 is 0. The number of benzene rings is 3. The first-order valence-electron chi connectivity index (χ1n) is 9.99. The zero-order valence-corrected chi connectivity index (χ0v) is 17.7. The minimum atomic E-state index is -0.108. The Morgan fingerprint density at radius 3 is 2.00 bits per heavy atom. The fourth-order valence-corrected chi connectivity index (χ4v) is 3.09. The summed E-state index contributed by atoms with van der Waals surface area (Å²) in [7, 11) is 5.71. The molecule has 0 unspecified atom stereocenters. The Morgan fingerprint density at radius 1 is 0.800 bits per heavy atom. The van der Waals surface area contributed by atoms with Gasteiger partial charge in [-0.05, 0) is 81.2 Å². The molecule has 5 heteroatoms. The highest BCUT2D eigenvalue weighted by molar-refractivity contribution is 6.10. The van der Waals surface area contributed by atoms with Crippen LogP contribution < -0.4 is 14.4 Å². The number of hydrogen-bond acceptors (Lipinski definition) is 4. The molecule has 0 fully saturated rings. The van der Waals surface area contributed by atoms with Crippen LogP contribution >= 0.6 is 0 Å². The van der Waals surface area contributed by atoms with Gasteiger partial charge in [0.15, 0.2) is 0 Å². The minimum absolute atomic E-state index is 0.108. The van der Waals surface area contributed by atoms with Gasteiger partial charge in [-0.1, -0.05) is 18.2 Å². The molecule has 0 aliphatic rings. The standard InChI is InChI=1S/C25H28N2O3/c1-26(2)18-7-19-30-24-16-12-22(13-17-24)27(21-8-5-4-6-9-21)25(28)20-10-14-23(29-3)15-11-20/h4-6,8-17H,7,18-19H2,1-3H3. The van der Waals surface area contributed by atoms with Crippen LogP contribution in [-0.4, -0.2) is 45.2 Å². The van der Waals surface area contributed by atoms with Gasteiger partial charge in [0.1, 0.15) is 11.5 Å². The third-order valence-corrected chi connectivity index (χ3v) is 4.67. The molecule has 0 radical (unpaired) electrons. The molecule has 0 heterocycles. The number of hydrogen-bond donors (Lipinski definition) is 0. The van der Waals surface area contributed by atoms with E-state index < -0.39 is 0 Å². The summed E-state index contributed by atoms with van der Waals surface area (Å²) in [5, 5.41) is 0. The van der Waals surface area contributed by atoms with Crippen LogP contribution in [-0.2, 0) is 0 Å². The number of carbonyl (C=O) groups is 1. The van der Waals surface area contributed by atoms with Gasteiger partial charge in [0.05, 0.1) is 13.7 Å². The summed E-state index contributed by atoms with van der Waals surface area (Å²) in [4.78, 5) is 17.2. The highest BCUT2D eigenvalue weighted by Crippen LogP contribution is 2.29. The largest absolute Gasteiger partial charge is 0.497 e. The van der Waals surface area contributed by atoms with Gasteiger partial charge in [0.25, 0.3) is 5.91 Å². The van der Waals surface area contributed by atoms with Gasteiger partial charge in [0, 0.05) is 23.5 Å². The number of amides is 1. The first-order chi connectivity index (χ1) is 14.6. The highest BCUT2D eigenvalue weighted by Gasteiger charge is 2.20. The van der Waals surface area contributed by atoms with Crippen molar-refractivity contribution in [2.24, 2.45) is 0 Å². The maximum Gasteiger partial charge on any atom is 0.262 e. The Bertz CT molecular complexity index is 923. The van der Waals surface area contributed by atoms with Crippen molar-refractivity contribution in [2.75, 3.05) is 39.3 Å². The van der Waals surface area contributed by atoms with E-state index in [1.165, 1.54) is 0 Å². The molecule has 3 aromatic rings. The molecule has 0 aromatic heterocycles. The number of rotatable bonds is 9. The molecule has 0 atom stereocenters. The maximum absolute atomic E-state index is 13.4. The molecule has 156 valence electrons. The zero-order valence-electron chi connectivity index (χ0n) is 17.7.